The second-order valence-electron chi connectivity index (χ2n) is 7.74. The summed E-state index contributed by atoms with van der Waals surface area (Å²) in [5, 5.41) is 0.644. The standard InChI is InChI=1S/C20H28ClN3O2/c1-22(2)10-7-15-8-11-23(12-9-15)20(26)16-13-19(25)24(14-16)18-5-3-17(21)4-6-18/h3-6,15-16H,7-14H2,1-2H3. The minimum Gasteiger partial charge on any atom is -0.342 e. The highest BCUT2D eigenvalue weighted by molar-refractivity contribution is 6.30. The van der Waals surface area contributed by atoms with Crippen LogP contribution in [0.25, 0.3) is 0 Å². The van der Waals surface area contributed by atoms with Gasteiger partial charge in [0.1, 0.15) is 0 Å². The predicted molar refractivity (Wildman–Crippen MR) is 104 cm³/mol. The van der Waals surface area contributed by atoms with E-state index < -0.39 is 0 Å². The molecule has 2 heterocycles. The first-order valence-electron chi connectivity index (χ1n) is 9.43. The van der Waals surface area contributed by atoms with Gasteiger partial charge < -0.3 is 14.7 Å². The summed E-state index contributed by atoms with van der Waals surface area (Å²) in [6.45, 7) is 3.22. The van der Waals surface area contributed by atoms with Crippen LogP contribution in [0.4, 0.5) is 5.69 Å². The number of carbonyl (C=O) groups is 2. The van der Waals surface area contributed by atoms with E-state index in [-0.39, 0.29) is 17.7 Å². The number of nitrogens with zero attached hydrogens (tertiary/aromatic N) is 3. The van der Waals surface area contributed by atoms with Crippen molar-refractivity contribution in [2.75, 3.05) is 45.2 Å². The maximum absolute atomic E-state index is 12.9. The summed E-state index contributed by atoms with van der Waals surface area (Å²) in [5.74, 6) is 0.640. The van der Waals surface area contributed by atoms with Gasteiger partial charge in [0, 0.05) is 36.8 Å². The number of anilines is 1. The molecule has 6 heteroatoms. The Kier molecular flexibility index (Phi) is 6.20. The average Bonchev–Trinajstić information content (AvgIpc) is 3.02. The lowest BCUT2D eigenvalue weighted by molar-refractivity contribution is -0.137. The van der Waals surface area contributed by atoms with Gasteiger partial charge in [-0.3, -0.25) is 9.59 Å². The van der Waals surface area contributed by atoms with Crippen molar-refractivity contribution in [1.29, 1.82) is 0 Å². The Morgan fingerprint density at radius 1 is 1.19 bits per heavy atom. The topological polar surface area (TPSA) is 43.9 Å². The molecule has 1 aromatic carbocycles. The molecule has 0 spiro atoms. The Bertz CT molecular complexity index is 639. The molecule has 26 heavy (non-hydrogen) atoms. The van der Waals surface area contributed by atoms with E-state index in [0.29, 0.717) is 23.9 Å². The van der Waals surface area contributed by atoms with E-state index in [1.807, 2.05) is 17.0 Å². The summed E-state index contributed by atoms with van der Waals surface area (Å²) in [5.41, 5.74) is 0.817. The lowest BCUT2D eigenvalue weighted by atomic mass is 9.92. The lowest BCUT2D eigenvalue weighted by Crippen LogP contribution is -2.42. The molecule has 1 atom stereocenters. The number of hydrogen-bond acceptors (Lipinski definition) is 3. The monoisotopic (exact) mass is 377 g/mol. The van der Waals surface area contributed by atoms with Gasteiger partial charge in [-0.25, -0.2) is 0 Å². The number of likely N-dealkylation sites (tertiary alicyclic amines) is 1. The molecule has 2 saturated heterocycles. The fraction of sp³-hybridized carbons (Fsp3) is 0.600. The molecule has 0 bridgehead atoms. The molecule has 0 aromatic heterocycles. The molecule has 0 aliphatic carbocycles. The number of hydrogen-bond donors (Lipinski definition) is 0. The zero-order chi connectivity index (χ0) is 18.7. The fourth-order valence-electron chi connectivity index (χ4n) is 3.88. The third kappa shape index (κ3) is 4.57. The number of piperidine rings is 1. The highest BCUT2D eigenvalue weighted by atomic mass is 35.5. The maximum Gasteiger partial charge on any atom is 0.228 e. The van der Waals surface area contributed by atoms with Crippen LogP contribution in [-0.2, 0) is 9.59 Å². The molecule has 142 valence electrons. The Morgan fingerprint density at radius 2 is 1.85 bits per heavy atom. The molecular weight excluding hydrogens is 350 g/mol. The molecule has 2 fully saturated rings. The zero-order valence-corrected chi connectivity index (χ0v) is 16.4. The molecule has 0 saturated carbocycles. The van der Waals surface area contributed by atoms with E-state index in [1.54, 1.807) is 17.0 Å². The molecule has 1 aromatic rings. The number of carbonyl (C=O) groups excluding carboxylic acids is 2. The molecule has 2 aliphatic heterocycles. The molecule has 0 N–H and O–H groups in total. The minimum atomic E-state index is -0.225. The fourth-order valence-corrected chi connectivity index (χ4v) is 4.01. The second kappa shape index (κ2) is 8.40. The summed E-state index contributed by atoms with van der Waals surface area (Å²) in [6, 6.07) is 7.22. The van der Waals surface area contributed by atoms with Crippen LogP contribution >= 0.6 is 11.6 Å². The van der Waals surface area contributed by atoms with Gasteiger partial charge in [-0.1, -0.05) is 11.6 Å². The van der Waals surface area contributed by atoms with Crippen molar-refractivity contribution < 1.29 is 9.59 Å². The molecular formula is C20H28ClN3O2. The van der Waals surface area contributed by atoms with Crippen LogP contribution < -0.4 is 4.90 Å². The van der Waals surface area contributed by atoms with Crippen LogP contribution in [0.15, 0.2) is 24.3 Å². The molecule has 1 unspecified atom stereocenters. The summed E-state index contributed by atoms with van der Waals surface area (Å²) >= 11 is 5.92. The van der Waals surface area contributed by atoms with Crippen molar-refractivity contribution in [3.8, 4) is 0 Å². The van der Waals surface area contributed by atoms with Crippen LogP contribution in [0, 0.1) is 11.8 Å². The van der Waals surface area contributed by atoms with E-state index >= 15 is 0 Å². The smallest absolute Gasteiger partial charge is 0.228 e. The Labute approximate surface area is 160 Å². The first kappa shape index (κ1) is 19.2. The largest absolute Gasteiger partial charge is 0.342 e. The molecule has 2 aliphatic rings. The predicted octanol–water partition coefficient (Wildman–Crippen LogP) is 2.88. The van der Waals surface area contributed by atoms with Gasteiger partial charge >= 0.3 is 0 Å². The Morgan fingerprint density at radius 3 is 2.46 bits per heavy atom. The SMILES string of the molecule is CN(C)CCC1CCN(C(=O)C2CC(=O)N(c3ccc(Cl)cc3)C2)CC1. The Balaban J connectivity index is 1.53. The minimum absolute atomic E-state index is 0.0199. The number of rotatable bonds is 5. The highest BCUT2D eigenvalue weighted by Gasteiger charge is 2.38. The first-order valence-corrected chi connectivity index (χ1v) is 9.81. The second-order valence-corrected chi connectivity index (χ2v) is 8.18. The van der Waals surface area contributed by atoms with Gasteiger partial charge in [-0.15, -0.1) is 0 Å². The van der Waals surface area contributed by atoms with Gasteiger partial charge in [-0.05, 0) is 70.1 Å². The van der Waals surface area contributed by atoms with Crippen LogP contribution in [-0.4, -0.2) is 61.9 Å². The van der Waals surface area contributed by atoms with E-state index in [4.69, 9.17) is 11.6 Å². The van der Waals surface area contributed by atoms with Crippen LogP contribution in [0.5, 0.6) is 0 Å². The van der Waals surface area contributed by atoms with Crippen LogP contribution in [0.1, 0.15) is 25.7 Å². The Hall–Kier alpha value is -1.59. The van der Waals surface area contributed by atoms with Crippen LogP contribution in [0.2, 0.25) is 5.02 Å². The average molecular weight is 378 g/mol. The van der Waals surface area contributed by atoms with E-state index in [1.165, 1.54) is 6.42 Å². The van der Waals surface area contributed by atoms with Crippen LogP contribution in [0.3, 0.4) is 0 Å². The molecule has 0 radical (unpaired) electrons. The van der Waals surface area contributed by atoms with Gasteiger partial charge in [0.25, 0.3) is 0 Å². The third-order valence-electron chi connectivity index (χ3n) is 5.52. The van der Waals surface area contributed by atoms with Gasteiger partial charge in [0.15, 0.2) is 0 Å². The number of benzene rings is 1. The summed E-state index contributed by atoms with van der Waals surface area (Å²) in [4.78, 5) is 31.1. The van der Waals surface area contributed by atoms with Crippen molar-refractivity contribution in [3.05, 3.63) is 29.3 Å². The lowest BCUT2D eigenvalue weighted by Gasteiger charge is -2.34. The quantitative estimate of drug-likeness (QED) is 0.792. The van der Waals surface area contributed by atoms with Crippen molar-refractivity contribution in [3.63, 3.8) is 0 Å². The summed E-state index contributed by atoms with van der Waals surface area (Å²) < 4.78 is 0. The molecule has 2 amide bonds. The zero-order valence-electron chi connectivity index (χ0n) is 15.7. The van der Waals surface area contributed by atoms with Crippen molar-refractivity contribution in [2.45, 2.75) is 25.7 Å². The normalized spacial score (nSPS) is 21.7. The van der Waals surface area contributed by atoms with E-state index in [0.717, 1.165) is 38.2 Å². The van der Waals surface area contributed by atoms with Crippen molar-refractivity contribution in [1.82, 2.24) is 9.80 Å². The van der Waals surface area contributed by atoms with Gasteiger partial charge in [-0.2, -0.15) is 0 Å². The summed E-state index contributed by atoms with van der Waals surface area (Å²) in [6.07, 6.45) is 3.64. The third-order valence-corrected chi connectivity index (χ3v) is 5.78. The van der Waals surface area contributed by atoms with Crippen molar-refractivity contribution >= 4 is 29.1 Å². The maximum atomic E-state index is 12.9. The number of amides is 2. The van der Waals surface area contributed by atoms with E-state index in [9.17, 15) is 9.59 Å². The highest BCUT2D eigenvalue weighted by Crippen LogP contribution is 2.29. The first-order chi connectivity index (χ1) is 12.4. The molecule has 3 rings (SSSR count). The van der Waals surface area contributed by atoms with E-state index in [2.05, 4.69) is 19.0 Å². The summed E-state index contributed by atoms with van der Waals surface area (Å²) in [7, 11) is 4.20. The van der Waals surface area contributed by atoms with Gasteiger partial charge in [0.2, 0.25) is 11.8 Å². The molecule has 5 nitrogen and oxygen atoms in total. The van der Waals surface area contributed by atoms with Gasteiger partial charge in [0.05, 0.1) is 5.92 Å². The van der Waals surface area contributed by atoms with Crippen molar-refractivity contribution in [2.24, 2.45) is 11.8 Å². The number of halogens is 1.